The number of carbonyl (C=O) groups is 3. The molecule has 0 unspecified atom stereocenters. The van der Waals surface area contributed by atoms with Crippen LogP contribution in [0.4, 0.5) is 13.2 Å². The Morgan fingerprint density at radius 1 is 1.02 bits per heavy atom. The Morgan fingerprint density at radius 2 is 1.56 bits per heavy atom. The van der Waals surface area contributed by atoms with Crippen molar-refractivity contribution in [2.75, 3.05) is 0 Å². The minimum absolute atomic E-state index is 0.151. The molecule has 5 atom stereocenters. The highest BCUT2D eigenvalue weighted by Gasteiger charge is 2.49. The molecule has 0 saturated heterocycles. The third-order valence-electron chi connectivity index (χ3n) is 10.2. The number of carbonyl (C=O) groups excluding carboxylic acids is 3. The van der Waals surface area contributed by atoms with Crippen molar-refractivity contribution in [2.24, 2.45) is 17.3 Å². The van der Waals surface area contributed by atoms with E-state index in [1.165, 1.54) is 13.0 Å². The molecule has 0 fully saturated rings. The van der Waals surface area contributed by atoms with Crippen molar-refractivity contribution in [1.82, 2.24) is 0 Å². The lowest BCUT2D eigenvalue weighted by Crippen LogP contribution is -2.53. The smallest absolute Gasteiger partial charge is 0.412 e. The summed E-state index contributed by atoms with van der Waals surface area (Å²) in [6.45, 7) is 25.1. The van der Waals surface area contributed by atoms with Crippen LogP contribution in [0.2, 0.25) is 36.3 Å². The topological polar surface area (TPSA) is 78.9 Å². The van der Waals surface area contributed by atoms with Gasteiger partial charge in [0, 0.05) is 23.3 Å². The van der Waals surface area contributed by atoms with Crippen LogP contribution in [0.1, 0.15) is 95.4 Å². The normalized spacial score (nSPS) is 28.6. The number of ether oxygens (including phenoxy) is 1. The van der Waals surface area contributed by atoms with E-state index in [4.69, 9.17) is 13.6 Å². The summed E-state index contributed by atoms with van der Waals surface area (Å²) in [7, 11) is -4.79. The molecule has 0 saturated carbocycles. The number of ketones is 2. The highest BCUT2D eigenvalue weighted by atomic mass is 28.4. The summed E-state index contributed by atoms with van der Waals surface area (Å²) in [6, 6.07) is 2.35. The highest BCUT2D eigenvalue weighted by molar-refractivity contribution is 6.74. The molecule has 0 aromatic rings. The average Bonchev–Trinajstić information content (AvgIpc) is 2.92. The van der Waals surface area contributed by atoms with E-state index in [0.29, 0.717) is 0 Å². The summed E-state index contributed by atoms with van der Waals surface area (Å²) in [5.41, 5.74) is -1.97. The van der Waals surface area contributed by atoms with E-state index in [1.54, 1.807) is 19.9 Å². The van der Waals surface area contributed by atoms with Crippen LogP contribution in [-0.4, -0.2) is 58.7 Å². The van der Waals surface area contributed by atoms with Crippen LogP contribution in [-0.2, 0) is 28.0 Å². The van der Waals surface area contributed by atoms with Gasteiger partial charge in [-0.1, -0.05) is 87.5 Å². The molecule has 0 N–H and O–H groups in total. The molecule has 0 bridgehead atoms. The minimum Gasteiger partial charge on any atom is -0.454 e. The SMILES string of the molecule is CC[Si](CC)(CC)O[C@H]1CC(=O)O[C@H](C(C)=O)C/C=C(/C(F)(F)F)C/C=C/[C@H](C)[C@H](O[Si](C)(C)C(C)(C)C)[C@@H](C)C(=O)C1(C)C. The molecule has 0 spiro atoms. The molecule has 11 heteroatoms. The Kier molecular flexibility index (Phi) is 14.8. The van der Waals surface area contributed by atoms with E-state index in [9.17, 15) is 27.6 Å². The van der Waals surface area contributed by atoms with Crippen LogP contribution < -0.4 is 0 Å². The summed E-state index contributed by atoms with van der Waals surface area (Å²) in [4.78, 5) is 40.3. The van der Waals surface area contributed by atoms with Crippen molar-refractivity contribution in [3.05, 3.63) is 23.8 Å². The van der Waals surface area contributed by atoms with Crippen molar-refractivity contribution in [3.8, 4) is 0 Å². The maximum absolute atomic E-state index is 14.6. The fraction of sp³-hybridized carbons (Fsp3) is 0.794. The molecule has 1 aliphatic heterocycles. The van der Waals surface area contributed by atoms with Gasteiger partial charge in [-0.3, -0.25) is 14.4 Å². The molecule has 0 amide bonds. The highest BCUT2D eigenvalue weighted by Crippen LogP contribution is 2.42. The van der Waals surface area contributed by atoms with Gasteiger partial charge in [-0.25, -0.2) is 0 Å². The standard InChI is InChI=1S/C34H59F3O6Si2/c1-14-45(15-2,16-3)42-28-22-29(39)41-27(25(6)38)21-20-26(34(35,36)37)19-17-18-23(4)30(24(5)31(40)33(28,10)11)43-44(12,13)32(7,8)9/h17-18,20,23-24,27-28,30H,14-16,19,21-22H2,1-13H3/b18-17+,26-20+/t23-,24+,27-,28-,30-/m0/s1. The number of Topliss-reactive ketones (excluding diaryl/α,β-unsaturated/α-hetero) is 2. The molecule has 45 heavy (non-hydrogen) atoms. The van der Waals surface area contributed by atoms with Gasteiger partial charge < -0.3 is 13.6 Å². The van der Waals surface area contributed by atoms with Crippen molar-refractivity contribution in [2.45, 2.75) is 156 Å². The summed E-state index contributed by atoms with van der Waals surface area (Å²) < 4.78 is 61.2. The monoisotopic (exact) mass is 676 g/mol. The Balaban J connectivity index is 3.90. The van der Waals surface area contributed by atoms with Gasteiger partial charge in [0.2, 0.25) is 0 Å². The first kappa shape index (κ1) is 41.5. The van der Waals surface area contributed by atoms with E-state index in [0.717, 1.165) is 24.2 Å². The molecule has 0 aromatic carbocycles. The van der Waals surface area contributed by atoms with Crippen molar-refractivity contribution < 1.29 is 41.1 Å². The van der Waals surface area contributed by atoms with Gasteiger partial charge in [0.05, 0.1) is 18.6 Å². The first-order valence-corrected chi connectivity index (χ1v) is 21.9. The summed E-state index contributed by atoms with van der Waals surface area (Å²) in [6.07, 6.45) is -4.53. The fourth-order valence-electron chi connectivity index (χ4n) is 5.56. The molecular formula is C34H59F3O6Si2. The van der Waals surface area contributed by atoms with E-state index in [1.807, 2.05) is 13.8 Å². The minimum atomic E-state index is -4.64. The first-order valence-electron chi connectivity index (χ1n) is 16.4. The van der Waals surface area contributed by atoms with E-state index >= 15 is 0 Å². The molecule has 0 radical (unpaired) electrons. The number of cyclic esters (lactones) is 1. The van der Waals surface area contributed by atoms with E-state index in [2.05, 4.69) is 54.6 Å². The summed E-state index contributed by atoms with van der Waals surface area (Å²) >= 11 is 0. The Bertz CT molecular complexity index is 1080. The Labute approximate surface area is 272 Å². The number of hydrogen-bond acceptors (Lipinski definition) is 6. The van der Waals surface area contributed by atoms with Crippen molar-refractivity contribution >= 4 is 34.2 Å². The lowest BCUT2D eigenvalue weighted by molar-refractivity contribution is -0.158. The zero-order valence-corrected chi connectivity index (χ0v) is 31.9. The Hall–Kier alpha value is -1.57. The zero-order chi connectivity index (χ0) is 35.2. The number of allylic oxidation sites excluding steroid dienone is 2. The Morgan fingerprint density at radius 3 is 2.00 bits per heavy atom. The lowest BCUT2D eigenvalue weighted by Gasteiger charge is -2.45. The second-order valence-electron chi connectivity index (χ2n) is 14.8. The third-order valence-corrected chi connectivity index (χ3v) is 19.4. The largest absolute Gasteiger partial charge is 0.454 e. The predicted octanol–water partition coefficient (Wildman–Crippen LogP) is 9.36. The maximum atomic E-state index is 14.6. The zero-order valence-electron chi connectivity index (χ0n) is 29.9. The quantitative estimate of drug-likeness (QED) is 0.145. The van der Waals surface area contributed by atoms with Crippen molar-refractivity contribution in [3.63, 3.8) is 0 Å². The van der Waals surface area contributed by atoms with Gasteiger partial charge in [0.15, 0.2) is 28.5 Å². The van der Waals surface area contributed by atoms with Crippen LogP contribution in [0.25, 0.3) is 0 Å². The van der Waals surface area contributed by atoms with Gasteiger partial charge in [-0.05, 0) is 55.5 Å². The van der Waals surface area contributed by atoms with Gasteiger partial charge in [0.25, 0.3) is 0 Å². The van der Waals surface area contributed by atoms with E-state index < -0.39 is 82.6 Å². The summed E-state index contributed by atoms with van der Waals surface area (Å²) in [5, 5.41) is -0.173. The first-order chi connectivity index (χ1) is 20.4. The number of alkyl halides is 3. The van der Waals surface area contributed by atoms with Gasteiger partial charge in [-0.2, -0.15) is 13.2 Å². The fourth-order valence-corrected chi connectivity index (χ4v) is 10.00. The molecule has 1 heterocycles. The van der Waals surface area contributed by atoms with Gasteiger partial charge >= 0.3 is 12.1 Å². The molecule has 1 rings (SSSR count). The predicted molar refractivity (Wildman–Crippen MR) is 179 cm³/mol. The maximum Gasteiger partial charge on any atom is 0.412 e. The number of hydrogen-bond donors (Lipinski definition) is 0. The van der Waals surface area contributed by atoms with Crippen LogP contribution in [0, 0.1) is 17.3 Å². The lowest BCUT2D eigenvalue weighted by atomic mass is 9.73. The van der Waals surface area contributed by atoms with Crippen LogP contribution in [0.5, 0.6) is 0 Å². The number of rotatable bonds is 8. The number of esters is 1. The third kappa shape index (κ3) is 11.0. The molecule has 6 nitrogen and oxygen atoms in total. The second kappa shape index (κ2) is 16.0. The second-order valence-corrected chi connectivity index (χ2v) is 24.3. The van der Waals surface area contributed by atoms with Gasteiger partial charge in [-0.15, -0.1) is 0 Å². The number of halogens is 3. The van der Waals surface area contributed by atoms with Crippen molar-refractivity contribution in [1.29, 1.82) is 0 Å². The molecule has 1 aliphatic rings. The summed E-state index contributed by atoms with van der Waals surface area (Å²) in [5.74, 6) is -2.54. The van der Waals surface area contributed by atoms with Crippen LogP contribution >= 0.6 is 0 Å². The van der Waals surface area contributed by atoms with Crippen LogP contribution in [0.15, 0.2) is 23.8 Å². The molecule has 0 aromatic heterocycles. The average molecular weight is 677 g/mol. The molecular weight excluding hydrogens is 618 g/mol. The molecule has 0 aliphatic carbocycles. The van der Waals surface area contributed by atoms with E-state index in [-0.39, 0.29) is 23.2 Å². The van der Waals surface area contributed by atoms with Gasteiger partial charge in [0.1, 0.15) is 5.78 Å². The van der Waals surface area contributed by atoms with Crippen LogP contribution in [0.3, 0.4) is 0 Å². The molecule has 260 valence electrons.